The molecule has 1 atom stereocenters. The van der Waals surface area contributed by atoms with Gasteiger partial charge in [0.2, 0.25) is 0 Å². The molecule has 0 saturated heterocycles. The Kier molecular flexibility index (Phi) is 4.78. The predicted octanol–water partition coefficient (Wildman–Crippen LogP) is 1.29. The molecule has 0 radical (unpaired) electrons. The largest absolute Gasteiger partial charge is 0.480 e. The summed E-state index contributed by atoms with van der Waals surface area (Å²) in [6.07, 6.45) is 1.57. The van der Waals surface area contributed by atoms with E-state index in [0.717, 1.165) is 12.8 Å². The highest BCUT2D eigenvalue weighted by atomic mass is 16.4. The van der Waals surface area contributed by atoms with Crippen LogP contribution in [0.1, 0.15) is 57.8 Å². The standard InChI is InChI=1S/C16H18N2O5/c1-3-4-7-18-14(20)11-6-5-10(8-12(11)15(18)21)13(19)17-9(2)16(22)23/h5-6,8-9H,3-4,7H2,1-2H3,(H,17,19)(H,22,23)/t9-/m0/s1. The van der Waals surface area contributed by atoms with Gasteiger partial charge in [0.15, 0.2) is 0 Å². The fraction of sp³-hybridized carbons (Fsp3) is 0.375. The zero-order chi connectivity index (χ0) is 17.1. The van der Waals surface area contributed by atoms with E-state index in [1.165, 1.54) is 30.0 Å². The Balaban J connectivity index is 2.23. The van der Waals surface area contributed by atoms with Gasteiger partial charge in [-0.05, 0) is 31.5 Å². The fourth-order valence-electron chi connectivity index (χ4n) is 2.29. The summed E-state index contributed by atoms with van der Waals surface area (Å²) in [6, 6.07) is 3.14. The Morgan fingerprint density at radius 2 is 1.87 bits per heavy atom. The van der Waals surface area contributed by atoms with Crippen LogP contribution in [0.5, 0.6) is 0 Å². The first-order valence-corrected chi connectivity index (χ1v) is 7.40. The number of unbranched alkanes of at least 4 members (excludes halogenated alkanes) is 1. The molecule has 1 aromatic rings. The minimum Gasteiger partial charge on any atom is -0.480 e. The van der Waals surface area contributed by atoms with Crippen molar-refractivity contribution in [1.82, 2.24) is 10.2 Å². The number of hydrogen-bond donors (Lipinski definition) is 2. The van der Waals surface area contributed by atoms with Gasteiger partial charge in [0.05, 0.1) is 11.1 Å². The number of carboxylic acids is 1. The Labute approximate surface area is 133 Å². The van der Waals surface area contributed by atoms with Gasteiger partial charge in [0, 0.05) is 12.1 Å². The molecule has 0 unspecified atom stereocenters. The highest BCUT2D eigenvalue weighted by Gasteiger charge is 2.35. The van der Waals surface area contributed by atoms with Gasteiger partial charge in [0.25, 0.3) is 17.7 Å². The lowest BCUT2D eigenvalue weighted by molar-refractivity contribution is -0.138. The number of carbonyl (C=O) groups excluding carboxylic acids is 3. The number of aliphatic carboxylic acids is 1. The molecule has 2 N–H and O–H groups in total. The van der Waals surface area contributed by atoms with E-state index in [1.807, 2.05) is 6.92 Å². The third-order valence-corrected chi connectivity index (χ3v) is 3.69. The summed E-state index contributed by atoms with van der Waals surface area (Å²) in [5.74, 6) is -2.53. The molecule has 0 aromatic heterocycles. The van der Waals surface area contributed by atoms with Gasteiger partial charge < -0.3 is 10.4 Å². The molecule has 0 spiro atoms. The molecule has 0 fully saturated rings. The monoisotopic (exact) mass is 318 g/mol. The van der Waals surface area contributed by atoms with Crippen LogP contribution >= 0.6 is 0 Å². The summed E-state index contributed by atoms with van der Waals surface area (Å²) >= 11 is 0. The number of imide groups is 1. The Morgan fingerprint density at radius 1 is 1.22 bits per heavy atom. The van der Waals surface area contributed by atoms with E-state index in [1.54, 1.807) is 0 Å². The van der Waals surface area contributed by atoms with Crippen LogP contribution in [0.4, 0.5) is 0 Å². The number of amides is 3. The van der Waals surface area contributed by atoms with Crippen molar-refractivity contribution in [2.45, 2.75) is 32.7 Å². The Bertz CT molecular complexity index is 683. The van der Waals surface area contributed by atoms with Crippen LogP contribution in [0.2, 0.25) is 0 Å². The van der Waals surface area contributed by atoms with Crippen molar-refractivity contribution in [3.05, 3.63) is 34.9 Å². The lowest BCUT2D eigenvalue weighted by Gasteiger charge is -2.12. The number of nitrogens with one attached hydrogen (secondary N) is 1. The lowest BCUT2D eigenvalue weighted by Crippen LogP contribution is -2.38. The maximum absolute atomic E-state index is 12.3. The molecule has 0 saturated carbocycles. The number of carbonyl (C=O) groups is 4. The summed E-state index contributed by atoms with van der Waals surface area (Å²) in [6.45, 7) is 3.65. The van der Waals surface area contributed by atoms with Crippen molar-refractivity contribution < 1.29 is 24.3 Å². The molecule has 122 valence electrons. The second-order valence-electron chi connectivity index (χ2n) is 5.41. The maximum atomic E-state index is 12.3. The normalized spacial score (nSPS) is 14.6. The van der Waals surface area contributed by atoms with Gasteiger partial charge in [0.1, 0.15) is 6.04 Å². The van der Waals surface area contributed by atoms with Gasteiger partial charge in [-0.25, -0.2) is 0 Å². The predicted molar refractivity (Wildman–Crippen MR) is 81.3 cm³/mol. The third kappa shape index (κ3) is 3.23. The summed E-state index contributed by atoms with van der Waals surface area (Å²) in [5, 5.41) is 11.1. The molecule has 0 bridgehead atoms. The van der Waals surface area contributed by atoms with E-state index in [-0.39, 0.29) is 22.6 Å². The molecular formula is C16H18N2O5. The molecule has 0 aliphatic carbocycles. The number of fused-ring (bicyclic) bond motifs is 1. The fourth-order valence-corrected chi connectivity index (χ4v) is 2.29. The SMILES string of the molecule is CCCCN1C(=O)c2ccc(C(=O)N[C@@H](C)C(=O)O)cc2C1=O. The minimum absolute atomic E-state index is 0.148. The van der Waals surface area contributed by atoms with Crippen LogP contribution in [-0.4, -0.2) is 46.3 Å². The van der Waals surface area contributed by atoms with Crippen LogP contribution in [0, 0.1) is 0 Å². The highest BCUT2D eigenvalue weighted by molar-refractivity contribution is 6.22. The van der Waals surface area contributed by atoms with Crippen molar-refractivity contribution in [2.75, 3.05) is 6.54 Å². The van der Waals surface area contributed by atoms with E-state index >= 15 is 0 Å². The van der Waals surface area contributed by atoms with E-state index in [9.17, 15) is 19.2 Å². The second-order valence-corrected chi connectivity index (χ2v) is 5.41. The van der Waals surface area contributed by atoms with Crippen molar-refractivity contribution in [3.63, 3.8) is 0 Å². The number of nitrogens with zero attached hydrogens (tertiary/aromatic N) is 1. The van der Waals surface area contributed by atoms with Crippen LogP contribution in [0.15, 0.2) is 18.2 Å². The number of carboxylic acid groups (broad SMARTS) is 1. The summed E-state index contributed by atoms with van der Waals surface area (Å²) < 4.78 is 0. The van der Waals surface area contributed by atoms with Crippen molar-refractivity contribution in [1.29, 1.82) is 0 Å². The molecule has 1 aliphatic rings. The Morgan fingerprint density at radius 3 is 2.48 bits per heavy atom. The van der Waals surface area contributed by atoms with Gasteiger partial charge in [-0.1, -0.05) is 13.3 Å². The molecule has 1 heterocycles. The van der Waals surface area contributed by atoms with Crippen LogP contribution in [-0.2, 0) is 4.79 Å². The van der Waals surface area contributed by atoms with Gasteiger partial charge in [-0.2, -0.15) is 0 Å². The molecule has 7 heteroatoms. The van der Waals surface area contributed by atoms with E-state index < -0.39 is 23.8 Å². The van der Waals surface area contributed by atoms with Gasteiger partial charge in [-0.3, -0.25) is 24.1 Å². The van der Waals surface area contributed by atoms with Crippen molar-refractivity contribution in [3.8, 4) is 0 Å². The van der Waals surface area contributed by atoms with E-state index in [4.69, 9.17) is 5.11 Å². The van der Waals surface area contributed by atoms with Gasteiger partial charge >= 0.3 is 5.97 Å². The molecule has 1 aliphatic heterocycles. The first kappa shape index (κ1) is 16.7. The molecule has 3 amide bonds. The minimum atomic E-state index is -1.16. The summed E-state index contributed by atoms with van der Waals surface area (Å²) in [5.41, 5.74) is 0.603. The quantitative estimate of drug-likeness (QED) is 0.769. The number of hydrogen-bond acceptors (Lipinski definition) is 4. The zero-order valence-electron chi connectivity index (χ0n) is 13.0. The van der Waals surface area contributed by atoms with Crippen LogP contribution < -0.4 is 5.32 Å². The molecule has 2 rings (SSSR count). The van der Waals surface area contributed by atoms with Crippen molar-refractivity contribution >= 4 is 23.7 Å². The molecular weight excluding hydrogens is 300 g/mol. The third-order valence-electron chi connectivity index (χ3n) is 3.69. The molecule has 1 aromatic carbocycles. The highest BCUT2D eigenvalue weighted by Crippen LogP contribution is 2.24. The average Bonchev–Trinajstić information content (AvgIpc) is 2.76. The van der Waals surface area contributed by atoms with E-state index in [0.29, 0.717) is 6.54 Å². The maximum Gasteiger partial charge on any atom is 0.325 e. The van der Waals surface area contributed by atoms with Gasteiger partial charge in [-0.15, -0.1) is 0 Å². The van der Waals surface area contributed by atoms with Crippen molar-refractivity contribution in [2.24, 2.45) is 0 Å². The second kappa shape index (κ2) is 6.60. The van der Waals surface area contributed by atoms with Crippen LogP contribution in [0.3, 0.4) is 0 Å². The first-order valence-electron chi connectivity index (χ1n) is 7.40. The molecule has 23 heavy (non-hydrogen) atoms. The van der Waals surface area contributed by atoms with Crippen LogP contribution in [0.25, 0.3) is 0 Å². The average molecular weight is 318 g/mol. The smallest absolute Gasteiger partial charge is 0.325 e. The lowest BCUT2D eigenvalue weighted by atomic mass is 10.1. The summed E-state index contributed by atoms with van der Waals surface area (Å²) in [7, 11) is 0. The van der Waals surface area contributed by atoms with E-state index in [2.05, 4.69) is 5.32 Å². The Hall–Kier alpha value is -2.70. The summed E-state index contributed by atoms with van der Waals surface area (Å²) in [4.78, 5) is 48.5. The first-order chi connectivity index (χ1) is 10.9. The number of rotatable bonds is 6. The molecule has 7 nitrogen and oxygen atoms in total. The topological polar surface area (TPSA) is 104 Å². The zero-order valence-corrected chi connectivity index (χ0v) is 13.0. The number of benzene rings is 1.